The zero-order valence-corrected chi connectivity index (χ0v) is 12.5. The predicted octanol–water partition coefficient (Wildman–Crippen LogP) is 2.10. The average molecular weight is 294 g/mol. The van der Waals surface area contributed by atoms with Gasteiger partial charge in [0.1, 0.15) is 6.04 Å². The number of carboxylic acids is 1. The van der Waals surface area contributed by atoms with Crippen molar-refractivity contribution in [1.82, 2.24) is 9.88 Å². The summed E-state index contributed by atoms with van der Waals surface area (Å²) in [5.41, 5.74) is 0.577. The van der Waals surface area contributed by atoms with E-state index in [1.807, 2.05) is 4.90 Å². The Kier molecular flexibility index (Phi) is 5.38. The number of hydrogen-bond donors (Lipinski definition) is 1. The zero-order valence-electron chi connectivity index (χ0n) is 12.5. The monoisotopic (exact) mass is 294 g/mol. The normalized spacial score (nSPS) is 17.8. The van der Waals surface area contributed by atoms with E-state index in [0.717, 1.165) is 38.8 Å². The Hall–Kier alpha value is -1.82. The van der Waals surface area contributed by atoms with Gasteiger partial charge in [0.15, 0.2) is 0 Å². The molecular formula is C15H22N2O4. The molecule has 1 aliphatic rings. The number of ether oxygens (including phenoxy) is 2. The molecule has 0 amide bonds. The van der Waals surface area contributed by atoms with Gasteiger partial charge in [0, 0.05) is 11.6 Å². The van der Waals surface area contributed by atoms with Crippen LogP contribution in [0.3, 0.4) is 0 Å². The number of methoxy groups -OCH3 is 2. The van der Waals surface area contributed by atoms with Crippen molar-refractivity contribution in [2.45, 2.75) is 31.7 Å². The molecule has 116 valence electrons. The second kappa shape index (κ2) is 7.26. The van der Waals surface area contributed by atoms with Crippen LogP contribution in [0.4, 0.5) is 0 Å². The Morgan fingerprint density at radius 2 is 1.86 bits per heavy atom. The maximum atomic E-state index is 11.8. The Morgan fingerprint density at radius 3 is 2.38 bits per heavy atom. The van der Waals surface area contributed by atoms with Crippen molar-refractivity contribution in [3.05, 3.63) is 17.7 Å². The summed E-state index contributed by atoms with van der Waals surface area (Å²) < 4.78 is 10.3. The summed E-state index contributed by atoms with van der Waals surface area (Å²) in [5.74, 6) is -0.149. The molecule has 0 spiro atoms. The highest BCUT2D eigenvalue weighted by Gasteiger charge is 2.31. The first kappa shape index (κ1) is 15.6. The van der Waals surface area contributed by atoms with Gasteiger partial charge in [-0.1, -0.05) is 12.8 Å². The Balaban J connectivity index is 2.35. The van der Waals surface area contributed by atoms with E-state index in [-0.39, 0.29) is 0 Å². The number of rotatable bonds is 5. The van der Waals surface area contributed by atoms with E-state index in [2.05, 4.69) is 4.98 Å². The van der Waals surface area contributed by atoms with Crippen molar-refractivity contribution in [2.24, 2.45) is 0 Å². The van der Waals surface area contributed by atoms with Crippen LogP contribution in [0.25, 0.3) is 0 Å². The van der Waals surface area contributed by atoms with Gasteiger partial charge in [-0.25, -0.2) is 0 Å². The van der Waals surface area contributed by atoms with Gasteiger partial charge in [-0.15, -0.1) is 0 Å². The van der Waals surface area contributed by atoms with Crippen molar-refractivity contribution in [1.29, 1.82) is 0 Å². The number of hydrogen-bond acceptors (Lipinski definition) is 5. The molecule has 0 radical (unpaired) electrons. The molecule has 1 saturated heterocycles. The fourth-order valence-corrected chi connectivity index (χ4v) is 2.76. The molecule has 0 saturated carbocycles. The maximum Gasteiger partial charge on any atom is 0.325 e. The minimum atomic E-state index is -0.873. The maximum absolute atomic E-state index is 11.8. The molecule has 2 heterocycles. The fourth-order valence-electron chi connectivity index (χ4n) is 2.76. The minimum Gasteiger partial charge on any atom is -0.481 e. The van der Waals surface area contributed by atoms with Crippen LogP contribution in [0.1, 0.15) is 37.3 Å². The van der Waals surface area contributed by atoms with Crippen molar-refractivity contribution in [3.8, 4) is 11.8 Å². The Morgan fingerprint density at radius 1 is 1.19 bits per heavy atom. The topological polar surface area (TPSA) is 71.9 Å². The third kappa shape index (κ3) is 3.64. The molecule has 0 unspecified atom stereocenters. The lowest BCUT2D eigenvalue weighted by Crippen LogP contribution is -2.35. The Bertz CT molecular complexity index is 485. The number of nitrogens with zero attached hydrogens (tertiary/aromatic N) is 2. The lowest BCUT2D eigenvalue weighted by Gasteiger charge is -2.28. The number of likely N-dealkylation sites (tertiary alicyclic amines) is 1. The number of carbonyl (C=O) groups is 1. The molecule has 1 aliphatic heterocycles. The van der Waals surface area contributed by atoms with Crippen LogP contribution >= 0.6 is 0 Å². The molecule has 6 nitrogen and oxygen atoms in total. The van der Waals surface area contributed by atoms with Crippen LogP contribution in [0.15, 0.2) is 12.1 Å². The van der Waals surface area contributed by atoms with Crippen LogP contribution < -0.4 is 9.47 Å². The fraction of sp³-hybridized carbons (Fsp3) is 0.600. The van der Waals surface area contributed by atoms with E-state index in [1.54, 1.807) is 12.1 Å². The first-order chi connectivity index (χ1) is 10.2. The van der Waals surface area contributed by atoms with E-state index in [1.165, 1.54) is 14.2 Å². The number of aromatic nitrogens is 1. The number of pyridine rings is 1. The minimum absolute atomic E-state index is 0.311. The largest absolute Gasteiger partial charge is 0.481 e. The molecule has 1 N–H and O–H groups in total. The van der Waals surface area contributed by atoms with Gasteiger partial charge in [-0.2, -0.15) is 4.98 Å². The summed E-state index contributed by atoms with van der Waals surface area (Å²) in [6.45, 7) is 1.57. The molecule has 1 aromatic rings. The molecule has 21 heavy (non-hydrogen) atoms. The van der Waals surface area contributed by atoms with Crippen LogP contribution in [0, 0.1) is 0 Å². The summed E-state index contributed by atoms with van der Waals surface area (Å²) in [4.78, 5) is 18.0. The van der Waals surface area contributed by atoms with Crippen molar-refractivity contribution in [3.63, 3.8) is 0 Å². The van der Waals surface area contributed by atoms with Gasteiger partial charge < -0.3 is 14.6 Å². The highest BCUT2D eigenvalue weighted by molar-refractivity contribution is 5.76. The van der Waals surface area contributed by atoms with Gasteiger partial charge in [-0.3, -0.25) is 9.69 Å². The third-order valence-electron chi connectivity index (χ3n) is 3.80. The molecule has 1 atom stereocenters. The van der Waals surface area contributed by atoms with E-state index >= 15 is 0 Å². The third-order valence-corrected chi connectivity index (χ3v) is 3.80. The van der Waals surface area contributed by atoms with Gasteiger partial charge in [0.25, 0.3) is 0 Å². The summed E-state index contributed by atoms with van der Waals surface area (Å²) >= 11 is 0. The number of aliphatic carboxylic acids is 1. The highest BCUT2D eigenvalue weighted by atomic mass is 16.5. The van der Waals surface area contributed by atoms with Crippen molar-refractivity contribution in [2.75, 3.05) is 27.3 Å². The summed E-state index contributed by atoms with van der Waals surface area (Å²) in [7, 11) is 3.01. The van der Waals surface area contributed by atoms with Crippen LogP contribution in [-0.4, -0.2) is 48.3 Å². The molecule has 2 rings (SSSR count). The predicted molar refractivity (Wildman–Crippen MR) is 77.8 cm³/mol. The van der Waals surface area contributed by atoms with Crippen LogP contribution in [0.2, 0.25) is 0 Å². The van der Waals surface area contributed by atoms with Crippen LogP contribution in [0.5, 0.6) is 11.8 Å². The van der Waals surface area contributed by atoms with Crippen LogP contribution in [-0.2, 0) is 4.79 Å². The number of carboxylic acid groups (broad SMARTS) is 1. The molecule has 0 bridgehead atoms. The molecule has 0 aromatic carbocycles. The van der Waals surface area contributed by atoms with Gasteiger partial charge in [0.05, 0.1) is 14.2 Å². The molecule has 1 aromatic heterocycles. The average Bonchev–Trinajstić information content (AvgIpc) is 2.76. The molecule has 6 heteroatoms. The molecule has 0 aliphatic carbocycles. The lowest BCUT2D eigenvalue weighted by molar-refractivity contribution is -0.143. The highest BCUT2D eigenvalue weighted by Crippen LogP contribution is 2.31. The first-order valence-electron chi connectivity index (χ1n) is 7.23. The zero-order chi connectivity index (χ0) is 15.2. The van der Waals surface area contributed by atoms with E-state index in [9.17, 15) is 9.90 Å². The standard InChI is InChI=1S/C15H22N2O4/c1-20-12-8-7-11(14(16-12)21-2)13(15(18)19)17-9-5-3-4-6-10-17/h7-8,13H,3-6,9-10H2,1-2H3,(H,18,19)/t13-/m1/s1. The Labute approximate surface area is 124 Å². The first-order valence-corrected chi connectivity index (χ1v) is 7.23. The van der Waals surface area contributed by atoms with E-state index < -0.39 is 12.0 Å². The smallest absolute Gasteiger partial charge is 0.325 e. The van der Waals surface area contributed by atoms with Gasteiger partial charge in [-0.05, 0) is 32.0 Å². The quantitative estimate of drug-likeness (QED) is 0.896. The summed E-state index contributed by atoms with van der Waals surface area (Å²) in [6, 6.07) is 2.68. The lowest BCUT2D eigenvalue weighted by atomic mass is 10.1. The van der Waals surface area contributed by atoms with Crippen molar-refractivity contribution < 1.29 is 19.4 Å². The van der Waals surface area contributed by atoms with E-state index in [4.69, 9.17) is 9.47 Å². The second-order valence-electron chi connectivity index (χ2n) is 5.14. The molecule has 1 fully saturated rings. The summed E-state index contributed by atoms with van der Waals surface area (Å²) in [5, 5.41) is 9.66. The van der Waals surface area contributed by atoms with Gasteiger partial charge in [0.2, 0.25) is 11.8 Å². The second-order valence-corrected chi connectivity index (χ2v) is 5.14. The van der Waals surface area contributed by atoms with Crippen molar-refractivity contribution >= 4 is 5.97 Å². The molecular weight excluding hydrogens is 272 g/mol. The summed E-state index contributed by atoms with van der Waals surface area (Å²) in [6.07, 6.45) is 4.35. The van der Waals surface area contributed by atoms with Gasteiger partial charge >= 0.3 is 5.97 Å². The van der Waals surface area contributed by atoms with E-state index in [0.29, 0.717) is 17.3 Å². The SMILES string of the molecule is COc1ccc([C@H](C(=O)O)N2CCCCCC2)c(OC)n1.